The number of carbonyl (C=O) groups excluding carboxylic acids is 1. The number of hydrazine groups is 2. The first-order valence-corrected chi connectivity index (χ1v) is 7.51. The van der Waals surface area contributed by atoms with Gasteiger partial charge < -0.3 is 10.6 Å². The maximum absolute atomic E-state index is 12.1. The Labute approximate surface area is 121 Å². The average Bonchev–Trinajstić information content (AvgIpc) is 2.24. The molecule has 0 aromatic carbocycles. The van der Waals surface area contributed by atoms with Crippen LogP contribution in [0.3, 0.4) is 0 Å². The Morgan fingerprint density at radius 2 is 1.10 bits per heavy atom. The van der Waals surface area contributed by atoms with Crippen molar-refractivity contribution in [3.63, 3.8) is 0 Å². The van der Waals surface area contributed by atoms with E-state index in [4.69, 9.17) is 0 Å². The first-order valence-electron chi connectivity index (χ1n) is 7.51. The minimum atomic E-state index is -0.146. The minimum absolute atomic E-state index is 0.146. The summed E-state index contributed by atoms with van der Waals surface area (Å²) in [5.41, 5.74) is 5.88. The molecule has 4 atom stereocenters. The molecule has 2 aliphatic rings. The van der Waals surface area contributed by atoms with Gasteiger partial charge in [0.1, 0.15) is 0 Å². The maximum atomic E-state index is 12.1. The third-order valence-electron chi connectivity index (χ3n) is 3.63. The van der Waals surface area contributed by atoms with Crippen LogP contribution >= 0.6 is 0 Å². The molecule has 0 spiro atoms. The zero-order chi connectivity index (χ0) is 14.7. The summed E-state index contributed by atoms with van der Waals surface area (Å²) in [6.45, 7) is 11.8. The first-order chi connectivity index (χ1) is 9.42. The fourth-order valence-electron chi connectivity index (χ4n) is 3.15. The van der Waals surface area contributed by atoms with Crippen molar-refractivity contribution in [2.75, 3.05) is 26.2 Å². The Morgan fingerprint density at radius 3 is 1.40 bits per heavy atom. The number of carbonyl (C=O) groups is 1. The monoisotopic (exact) mass is 284 g/mol. The Morgan fingerprint density at radius 1 is 0.800 bits per heavy atom. The highest BCUT2D eigenvalue weighted by atomic mass is 16.2. The fraction of sp³-hybridized carbons (Fsp3) is 0.923. The van der Waals surface area contributed by atoms with E-state index in [9.17, 15) is 4.79 Å². The molecule has 2 fully saturated rings. The van der Waals surface area contributed by atoms with Gasteiger partial charge in [-0.15, -0.1) is 0 Å². The number of rotatable bonds is 2. The molecule has 2 heterocycles. The molecule has 4 unspecified atom stereocenters. The lowest BCUT2D eigenvalue weighted by atomic mass is 10.2. The van der Waals surface area contributed by atoms with Crippen LogP contribution in [-0.2, 0) is 0 Å². The summed E-state index contributed by atoms with van der Waals surface area (Å²) in [6, 6.07) is 1.40. The number of piperazine rings is 2. The second-order valence-corrected chi connectivity index (χ2v) is 6.30. The number of urea groups is 1. The zero-order valence-corrected chi connectivity index (χ0v) is 12.9. The summed E-state index contributed by atoms with van der Waals surface area (Å²) in [6.07, 6.45) is 0. The number of nitrogens with one attached hydrogen (secondary N) is 4. The van der Waals surface area contributed by atoms with Crippen molar-refractivity contribution >= 4 is 6.03 Å². The van der Waals surface area contributed by atoms with Gasteiger partial charge in [0.05, 0.1) is 0 Å². The van der Waals surface area contributed by atoms with Crippen molar-refractivity contribution in [3.05, 3.63) is 0 Å². The van der Waals surface area contributed by atoms with E-state index in [-0.39, 0.29) is 6.03 Å². The molecule has 20 heavy (non-hydrogen) atoms. The third kappa shape index (κ3) is 4.59. The van der Waals surface area contributed by atoms with Gasteiger partial charge in [0.15, 0.2) is 0 Å². The number of hydrogen-bond donors (Lipinski definition) is 4. The molecule has 7 heteroatoms. The van der Waals surface area contributed by atoms with Crippen molar-refractivity contribution < 1.29 is 4.79 Å². The van der Waals surface area contributed by atoms with Crippen LogP contribution in [-0.4, -0.2) is 66.4 Å². The second-order valence-electron chi connectivity index (χ2n) is 6.30. The van der Waals surface area contributed by atoms with E-state index in [0.29, 0.717) is 24.2 Å². The van der Waals surface area contributed by atoms with Gasteiger partial charge in [-0.1, -0.05) is 0 Å². The standard InChI is InChI=1S/C13H28N6O/c1-9-5-18(6-10(2)14-9)16-13(20)17-19-7-11(3)15-12(4)8-19/h9-12,14-15H,5-8H2,1-4H3,(H2,16,17,20). The molecule has 4 N–H and O–H groups in total. The Balaban J connectivity index is 1.77. The van der Waals surface area contributed by atoms with Gasteiger partial charge in [-0.2, -0.15) is 0 Å². The van der Waals surface area contributed by atoms with Crippen molar-refractivity contribution in [1.82, 2.24) is 31.5 Å². The number of amides is 2. The quantitative estimate of drug-likeness (QED) is 0.549. The summed E-state index contributed by atoms with van der Waals surface area (Å²) in [5, 5.41) is 10.9. The molecule has 0 aromatic heterocycles. The van der Waals surface area contributed by atoms with E-state index in [1.165, 1.54) is 0 Å². The van der Waals surface area contributed by atoms with Gasteiger partial charge in [0.25, 0.3) is 0 Å². The van der Waals surface area contributed by atoms with Gasteiger partial charge >= 0.3 is 6.03 Å². The van der Waals surface area contributed by atoms with Crippen LogP contribution in [0.1, 0.15) is 27.7 Å². The first kappa shape index (κ1) is 15.5. The van der Waals surface area contributed by atoms with Gasteiger partial charge in [0.2, 0.25) is 0 Å². The normalized spacial score (nSPS) is 36.6. The average molecular weight is 284 g/mol. The van der Waals surface area contributed by atoms with Gasteiger partial charge in [-0.25, -0.2) is 14.8 Å². The van der Waals surface area contributed by atoms with Gasteiger partial charge in [-0.05, 0) is 27.7 Å². The van der Waals surface area contributed by atoms with Crippen molar-refractivity contribution in [2.24, 2.45) is 0 Å². The summed E-state index contributed by atoms with van der Waals surface area (Å²) < 4.78 is 0. The van der Waals surface area contributed by atoms with Gasteiger partial charge in [0, 0.05) is 50.3 Å². The SMILES string of the molecule is CC1CN(NC(=O)NN2CC(C)NC(C)C2)CC(C)N1. The molecule has 116 valence electrons. The highest BCUT2D eigenvalue weighted by molar-refractivity contribution is 5.72. The smallest absolute Gasteiger partial charge is 0.309 e. The second kappa shape index (κ2) is 6.71. The topological polar surface area (TPSA) is 71.7 Å². The molecule has 7 nitrogen and oxygen atoms in total. The molecule has 2 amide bonds. The molecule has 2 aliphatic heterocycles. The number of hydrogen-bond acceptors (Lipinski definition) is 5. The molecule has 0 bridgehead atoms. The molecule has 2 saturated heterocycles. The molecular formula is C13H28N6O. The van der Waals surface area contributed by atoms with Crippen LogP contribution in [0, 0.1) is 0 Å². The third-order valence-corrected chi connectivity index (χ3v) is 3.63. The van der Waals surface area contributed by atoms with Crippen LogP contribution < -0.4 is 21.5 Å². The van der Waals surface area contributed by atoms with E-state index in [2.05, 4.69) is 49.2 Å². The van der Waals surface area contributed by atoms with E-state index in [1.807, 2.05) is 10.0 Å². The molecule has 0 aromatic rings. The lowest BCUT2D eigenvalue weighted by Crippen LogP contribution is -2.64. The molecule has 0 radical (unpaired) electrons. The van der Waals surface area contributed by atoms with Crippen LogP contribution in [0.15, 0.2) is 0 Å². The summed E-state index contributed by atoms with van der Waals surface area (Å²) >= 11 is 0. The highest BCUT2D eigenvalue weighted by Crippen LogP contribution is 2.02. The lowest BCUT2D eigenvalue weighted by molar-refractivity contribution is 0.0914. The predicted molar refractivity (Wildman–Crippen MR) is 78.9 cm³/mol. The molecule has 2 rings (SSSR count). The van der Waals surface area contributed by atoms with Crippen LogP contribution in [0.4, 0.5) is 4.79 Å². The molecular weight excluding hydrogens is 256 g/mol. The van der Waals surface area contributed by atoms with Crippen LogP contribution in [0.2, 0.25) is 0 Å². The largest absolute Gasteiger partial charge is 0.343 e. The van der Waals surface area contributed by atoms with Crippen LogP contribution in [0.25, 0.3) is 0 Å². The zero-order valence-electron chi connectivity index (χ0n) is 12.9. The van der Waals surface area contributed by atoms with E-state index >= 15 is 0 Å². The fourth-order valence-corrected chi connectivity index (χ4v) is 3.15. The van der Waals surface area contributed by atoms with Crippen molar-refractivity contribution in [2.45, 2.75) is 51.9 Å². The van der Waals surface area contributed by atoms with E-state index < -0.39 is 0 Å². The Kier molecular flexibility index (Phi) is 5.20. The lowest BCUT2D eigenvalue weighted by Gasteiger charge is -2.38. The summed E-state index contributed by atoms with van der Waals surface area (Å²) in [4.78, 5) is 12.1. The Bertz CT molecular complexity index is 289. The van der Waals surface area contributed by atoms with E-state index in [0.717, 1.165) is 26.2 Å². The highest BCUT2D eigenvalue weighted by Gasteiger charge is 2.25. The Hall–Kier alpha value is -0.890. The molecule has 0 aliphatic carbocycles. The van der Waals surface area contributed by atoms with E-state index in [1.54, 1.807) is 0 Å². The summed E-state index contributed by atoms with van der Waals surface area (Å²) in [5.74, 6) is 0. The number of nitrogens with zero attached hydrogens (tertiary/aromatic N) is 2. The predicted octanol–water partition coefficient (Wildman–Crippen LogP) is -0.520. The maximum Gasteiger partial charge on any atom is 0.343 e. The minimum Gasteiger partial charge on any atom is -0.309 e. The summed E-state index contributed by atoms with van der Waals surface area (Å²) in [7, 11) is 0. The van der Waals surface area contributed by atoms with Crippen LogP contribution in [0.5, 0.6) is 0 Å². The molecule has 0 saturated carbocycles. The van der Waals surface area contributed by atoms with Crippen molar-refractivity contribution in [3.8, 4) is 0 Å². The van der Waals surface area contributed by atoms with Gasteiger partial charge in [-0.3, -0.25) is 10.9 Å². The van der Waals surface area contributed by atoms with Crippen molar-refractivity contribution in [1.29, 1.82) is 0 Å².